The van der Waals surface area contributed by atoms with Gasteiger partial charge in [0.25, 0.3) is 0 Å². The minimum atomic E-state index is -0.665. The number of amides is 2. The smallest absolute Gasteiger partial charge is 0.313 e. The van der Waals surface area contributed by atoms with Crippen molar-refractivity contribution in [3.63, 3.8) is 0 Å². The Kier molecular flexibility index (Phi) is 6.93. The molecule has 1 aromatic carbocycles. The van der Waals surface area contributed by atoms with Crippen molar-refractivity contribution >= 4 is 17.5 Å². The maximum absolute atomic E-state index is 12.1. The van der Waals surface area contributed by atoms with E-state index in [0.29, 0.717) is 23.9 Å². The molecule has 156 valence electrons. The maximum atomic E-state index is 12.1. The first kappa shape index (κ1) is 20.9. The molecule has 2 N–H and O–H groups in total. The van der Waals surface area contributed by atoms with Crippen LogP contribution >= 0.6 is 0 Å². The number of rotatable bonds is 6. The zero-order chi connectivity index (χ0) is 20.8. The first-order valence-corrected chi connectivity index (χ1v) is 9.96. The average molecular weight is 399 g/mol. The molecule has 29 heavy (non-hydrogen) atoms. The highest BCUT2D eigenvalue weighted by molar-refractivity contribution is 6.39. The molecular formula is C22H29N3O4. The highest BCUT2D eigenvalue weighted by atomic mass is 16.5. The average Bonchev–Trinajstić information content (AvgIpc) is 3.04. The molecule has 0 saturated carbocycles. The summed E-state index contributed by atoms with van der Waals surface area (Å²) in [5.74, 6) is 1.66. The summed E-state index contributed by atoms with van der Waals surface area (Å²) >= 11 is 0. The molecule has 1 fully saturated rings. The zero-order valence-electron chi connectivity index (χ0n) is 17.3. The van der Waals surface area contributed by atoms with Gasteiger partial charge in [-0.05, 0) is 63.9 Å². The van der Waals surface area contributed by atoms with E-state index in [4.69, 9.17) is 9.15 Å². The Bertz CT molecular complexity index is 853. The van der Waals surface area contributed by atoms with Crippen LogP contribution in [-0.4, -0.2) is 43.5 Å². The number of carbonyl (C=O) groups is 2. The number of benzene rings is 1. The van der Waals surface area contributed by atoms with Gasteiger partial charge in [-0.25, -0.2) is 0 Å². The lowest BCUT2D eigenvalue weighted by Crippen LogP contribution is -2.41. The van der Waals surface area contributed by atoms with Gasteiger partial charge in [-0.3, -0.25) is 14.5 Å². The number of hydrogen-bond acceptors (Lipinski definition) is 5. The topological polar surface area (TPSA) is 83.8 Å². The van der Waals surface area contributed by atoms with E-state index in [1.807, 2.05) is 13.8 Å². The minimum absolute atomic E-state index is 0.381. The molecule has 0 aliphatic carbocycles. The van der Waals surface area contributed by atoms with Crippen molar-refractivity contribution in [3.8, 4) is 5.75 Å². The lowest BCUT2D eigenvalue weighted by atomic mass is 9.96. The number of nitrogens with one attached hydrogen (secondary N) is 2. The van der Waals surface area contributed by atoms with Crippen LogP contribution in [0.5, 0.6) is 5.75 Å². The second-order valence-electron chi connectivity index (χ2n) is 7.55. The van der Waals surface area contributed by atoms with Crippen LogP contribution in [0, 0.1) is 19.8 Å². The molecule has 2 amide bonds. The van der Waals surface area contributed by atoms with Crippen molar-refractivity contribution in [1.29, 1.82) is 0 Å². The third-order valence-electron chi connectivity index (χ3n) is 5.33. The van der Waals surface area contributed by atoms with E-state index in [0.717, 1.165) is 44.0 Å². The van der Waals surface area contributed by atoms with Crippen molar-refractivity contribution < 1.29 is 18.7 Å². The summed E-state index contributed by atoms with van der Waals surface area (Å²) in [7, 11) is 1.55. The predicted molar refractivity (Wildman–Crippen MR) is 111 cm³/mol. The summed E-state index contributed by atoms with van der Waals surface area (Å²) in [5, 5.41) is 5.36. The van der Waals surface area contributed by atoms with Crippen molar-refractivity contribution in [2.45, 2.75) is 33.2 Å². The lowest BCUT2D eigenvalue weighted by Gasteiger charge is -2.31. The van der Waals surface area contributed by atoms with Crippen LogP contribution < -0.4 is 15.4 Å². The molecule has 2 heterocycles. The third-order valence-corrected chi connectivity index (χ3v) is 5.33. The summed E-state index contributed by atoms with van der Waals surface area (Å²) < 4.78 is 10.7. The Morgan fingerprint density at radius 3 is 2.59 bits per heavy atom. The molecule has 1 saturated heterocycles. The van der Waals surface area contributed by atoms with E-state index in [2.05, 4.69) is 21.6 Å². The van der Waals surface area contributed by atoms with Crippen LogP contribution in [0.4, 0.5) is 5.69 Å². The minimum Gasteiger partial charge on any atom is -0.497 e. The molecule has 0 radical (unpaired) electrons. The normalized spacial score (nSPS) is 15.1. The van der Waals surface area contributed by atoms with Gasteiger partial charge < -0.3 is 19.8 Å². The van der Waals surface area contributed by atoms with E-state index in [1.54, 1.807) is 31.4 Å². The van der Waals surface area contributed by atoms with Gasteiger partial charge in [-0.1, -0.05) is 6.07 Å². The van der Waals surface area contributed by atoms with Gasteiger partial charge in [0.15, 0.2) is 0 Å². The van der Waals surface area contributed by atoms with Crippen molar-refractivity contribution in [3.05, 3.63) is 47.4 Å². The third kappa shape index (κ3) is 5.84. The molecule has 3 rings (SSSR count). The highest BCUT2D eigenvalue weighted by Crippen LogP contribution is 2.21. The molecule has 7 nitrogen and oxygen atoms in total. The van der Waals surface area contributed by atoms with Gasteiger partial charge in [-0.15, -0.1) is 0 Å². The number of aryl methyl sites for hydroxylation is 2. The highest BCUT2D eigenvalue weighted by Gasteiger charge is 2.22. The van der Waals surface area contributed by atoms with Crippen LogP contribution in [0.1, 0.15) is 29.9 Å². The Balaban J connectivity index is 1.39. The van der Waals surface area contributed by atoms with Crippen LogP contribution in [0.15, 0.2) is 34.7 Å². The second-order valence-corrected chi connectivity index (χ2v) is 7.55. The molecule has 0 unspecified atom stereocenters. The number of piperidine rings is 1. The Hall–Kier alpha value is -2.80. The van der Waals surface area contributed by atoms with E-state index in [9.17, 15) is 9.59 Å². The molecule has 1 aromatic heterocycles. The van der Waals surface area contributed by atoms with Crippen LogP contribution in [-0.2, 0) is 16.1 Å². The fourth-order valence-corrected chi connectivity index (χ4v) is 3.64. The first-order valence-electron chi connectivity index (χ1n) is 9.96. The fourth-order valence-electron chi connectivity index (χ4n) is 3.64. The number of methoxy groups -OCH3 is 1. The van der Waals surface area contributed by atoms with Crippen LogP contribution in [0.25, 0.3) is 0 Å². The number of ether oxygens (including phenoxy) is 1. The molecule has 2 aromatic rings. The van der Waals surface area contributed by atoms with E-state index < -0.39 is 11.8 Å². The van der Waals surface area contributed by atoms with Crippen molar-refractivity contribution in [2.24, 2.45) is 5.92 Å². The molecule has 1 aliphatic rings. The quantitative estimate of drug-likeness (QED) is 0.730. The number of nitrogens with zero attached hydrogens (tertiary/aromatic N) is 1. The predicted octanol–water partition coefficient (Wildman–Crippen LogP) is 2.87. The summed E-state index contributed by atoms with van der Waals surface area (Å²) in [6, 6.07) is 9.02. The van der Waals surface area contributed by atoms with E-state index in [1.165, 1.54) is 5.56 Å². The Morgan fingerprint density at radius 1 is 1.17 bits per heavy atom. The lowest BCUT2D eigenvalue weighted by molar-refractivity contribution is -0.136. The number of carbonyl (C=O) groups excluding carboxylic acids is 2. The summed E-state index contributed by atoms with van der Waals surface area (Å²) in [6.45, 7) is 7.32. The summed E-state index contributed by atoms with van der Waals surface area (Å²) in [4.78, 5) is 26.6. The molecule has 0 bridgehead atoms. The fraction of sp³-hybridized carbons (Fsp3) is 0.455. The van der Waals surface area contributed by atoms with Crippen molar-refractivity contribution in [1.82, 2.24) is 10.2 Å². The molecular weight excluding hydrogens is 370 g/mol. The Morgan fingerprint density at radius 2 is 1.93 bits per heavy atom. The van der Waals surface area contributed by atoms with E-state index >= 15 is 0 Å². The van der Waals surface area contributed by atoms with Gasteiger partial charge in [0.05, 0.1) is 7.11 Å². The van der Waals surface area contributed by atoms with E-state index in [-0.39, 0.29) is 0 Å². The second kappa shape index (κ2) is 9.60. The van der Waals surface area contributed by atoms with Crippen LogP contribution in [0.2, 0.25) is 0 Å². The van der Waals surface area contributed by atoms with Gasteiger partial charge in [0, 0.05) is 30.4 Å². The number of likely N-dealkylation sites (tertiary alicyclic amines) is 1. The number of anilines is 1. The zero-order valence-corrected chi connectivity index (χ0v) is 17.3. The van der Waals surface area contributed by atoms with Gasteiger partial charge >= 0.3 is 11.8 Å². The van der Waals surface area contributed by atoms with Gasteiger partial charge in [-0.2, -0.15) is 0 Å². The monoisotopic (exact) mass is 399 g/mol. The first-order chi connectivity index (χ1) is 13.9. The standard InChI is InChI=1S/C22H29N3O4/c1-15-11-18(16(2)29-15)14-25-9-7-17(8-10-25)13-23-21(26)22(27)24-19-5-4-6-20(12-19)28-3/h4-6,11-12,17H,7-10,13-14H2,1-3H3,(H,23,26)(H,24,27). The Labute approximate surface area is 171 Å². The molecule has 0 atom stereocenters. The van der Waals surface area contributed by atoms with Crippen molar-refractivity contribution in [2.75, 3.05) is 32.1 Å². The van der Waals surface area contributed by atoms with Gasteiger partial charge in [0.1, 0.15) is 17.3 Å². The largest absolute Gasteiger partial charge is 0.497 e. The summed E-state index contributed by atoms with van der Waals surface area (Å²) in [5.41, 5.74) is 1.77. The number of furan rings is 1. The molecule has 7 heteroatoms. The molecule has 1 aliphatic heterocycles. The SMILES string of the molecule is COc1cccc(NC(=O)C(=O)NCC2CCN(Cc3cc(C)oc3C)CC2)c1. The number of hydrogen-bond donors (Lipinski definition) is 2. The maximum Gasteiger partial charge on any atom is 0.313 e. The van der Waals surface area contributed by atoms with Crippen LogP contribution in [0.3, 0.4) is 0 Å². The molecule has 0 spiro atoms. The van der Waals surface area contributed by atoms with Gasteiger partial charge in [0.2, 0.25) is 0 Å². The summed E-state index contributed by atoms with van der Waals surface area (Å²) in [6.07, 6.45) is 1.99.